The van der Waals surface area contributed by atoms with Gasteiger partial charge in [-0.2, -0.15) is 0 Å². The lowest BCUT2D eigenvalue weighted by atomic mass is 10.2. The second kappa shape index (κ2) is 5.53. The molecular weight excluding hydrogens is 272 g/mol. The lowest BCUT2D eigenvalue weighted by Gasteiger charge is -2.10. The van der Waals surface area contributed by atoms with Crippen LogP contribution in [-0.2, 0) is 16.1 Å². The average molecular weight is 288 g/mol. The molecule has 0 bridgehead atoms. The van der Waals surface area contributed by atoms with Gasteiger partial charge in [-0.3, -0.25) is 19.5 Å². The van der Waals surface area contributed by atoms with E-state index in [1.54, 1.807) is 24.3 Å². The highest BCUT2D eigenvalue weighted by atomic mass is 16.2. The third-order valence-electron chi connectivity index (χ3n) is 3.62. The number of H-pyrrole nitrogens is 1. The zero-order valence-corrected chi connectivity index (χ0v) is 11.4. The van der Waals surface area contributed by atoms with E-state index in [-0.39, 0.29) is 24.2 Å². The van der Waals surface area contributed by atoms with Crippen LogP contribution in [0.2, 0.25) is 0 Å². The van der Waals surface area contributed by atoms with Gasteiger partial charge in [-0.25, -0.2) is 4.79 Å². The molecule has 1 aromatic carbocycles. The predicted molar refractivity (Wildman–Crippen MR) is 76.7 cm³/mol. The molecule has 1 aliphatic heterocycles. The van der Waals surface area contributed by atoms with Gasteiger partial charge in [-0.15, -0.1) is 0 Å². The summed E-state index contributed by atoms with van der Waals surface area (Å²) in [5.74, 6) is -0.814. The van der Waals surface area contributed by atoms with Crippen molar-refractivity contribution in [3.05, 3.63) is 34.7 Å². The first kappa shape index (κ1) is 13.6. The fourth-order valence-electron chi connectivity index (χ4n) is 2.58. The summed E-state index contributed by atoms with van der Waals surface area (Å²) in [4.78, 5) is 38.3. The highest BCUT2D eigenvalue weighted by molar-refractivity contribution is 5.98. The van der Waals surface area contributed by atoms with Crippen LogP contribution in [-0.4, -0.2) is 34.0 Å². The van der Waals surface area contributed by atoms with Crippen LogP contribution in [0.25, 0.3) is 11.0 Å². The second-order valence-electron chi connectivity index (χ2n) is 5.09. The number of carbonyl (C=O) groups excluding carboxylic acids is 2. The van der Waals surface area contributed by atoms with E-state index in [0.717, 1.165) is 19.4 Å². The number of nitrogens with zero attached hydrogens (tertiary/aromatic N) is 1. The van der Waals surface area contributed by atoms with Crippen molar-refractivity contribution in [3.63, 3.8) is 0 Å². The van der Waals surface area contributed by atoms with Crippen molar-refractivity contribution in [2.45, 2.75) is 25.4 Å². The van der Waals surface area contributed by atoms with Gasteiger partial charge in [0.1, 0.15) is 6.54 Å². The van der Waals surface area contributed by atoms with Crippen LogP contribution in [0.1, 0.15) is 12.8 Å². The van der Waals surface area contributed by atoms with E-state index < -0.39 is 5.91 Å². The minimum atomic E-state index is -0.486. The zero-order chi connectivity index (χ0) is 14.8. The molecule has 1 fully saturated rings. The molecule has 3 N–H and O–H groups in total. The third kappa shape index (κ3) is 2.73. The largest absolute Gasteiger partial charge is 0.326 e. The van der Waals surface area contributed by atoms with Gasteiger partial charge < -0.3 is 10.3 Å². The third-order valence-corrected chi connectivity index (χ3v) is 3.62. The Balaban J connectivity index is 1.73. The lowest BCUT2D eigenvalue weighted by molar-refractivity contribution is -0.131. The van der Waals surface area contributed by atoms with Crippen molar-refractivity contribution in [1.82, 2.24) is 20.2 Å². The number of rotatable bonds is 3. The average Bonchev–Trinajstić information content (AvgIpc) is 3.08. The number of imide groups is 1. The molecule has 1 saturated heterocycles. The maximum atomic E-state index is 11.9. The summed E-state index contributed by atoms with van der Waals surface area (Å²) in [6, 6.07) is 6.79. The van der Waals surface area contributed by atoms with E-state index in [1.165, 1.54) is 4.57 Å². The number of aromatic nitrogens is 2. The molecule has 1 unspecified atom stereocenters. The molecule has 0 radical (unpaired) electrons. The van der Waals surface area contributed by atoms with E-state index in [0.29, 0.717) is 11.0 Å². The summed E-state index contributed by atoms with van der Waals surface area (Å²) >= 11 is 0. The molecule has 7 nitrogen and oxygen atoms in total. The molecule has 2 aromatic rings. The van der Waals surface area contributed by atoms with Crippen LogP contribution in [0.3, 0.4) is 0 Å². The first-order valence-electron chi connectivity index (χ1n) is 6.90. The molecule has 21 heavy (non-hydrogen) atoms. The Morgan fingerprint density at radius 2 is 2.14 bits per heavy atom. The molecule has 2 heterocycles. The maximum absolute atomic E-state index is 11.9. The van der Waals surface area contributed by atoms with Crippen LogP contribution in [0, 0.1) is 0 Å². The first-order valence-corrected chi connectivity index (χ1v) is 6.90. The SMILES string of the molecule is O=C(Cn1c(=O)[nH]c2ccccc21)NC(=O)C1CCCN1. The molecule has 7 heteroatoms. The molecule has 0 aliphatic carbocycles. The Morgan fingerprint density at radius 1 is 1.33 bits per heavy atom. The predicted octanol–water partition coefficient (Wildman–Crippen LogP) is -0.276. The number of fused-ring (bicyclic) bond motifs is 1. The Kier molecular flexibility index (Phi) is 3.57. The fraction of sp³-hybridized carbons (Fsp3) is 0.357. The summed E-state index contributed by atoms with van der Waals surface area (Å²) in [5, 5.41) is 5.36. The summed E-state index contributed by atoms with van der Waals surface area (Å²) in [6.45, 7) is 0.607. The van der Waals surface area contributed by atoms with Crippen molar-refractivity contribution >= 4 is 22.8 Å². The van der Waals surface area contributed by atoms with Crippen molar-refractivity contribution in [2.75, 3.05) is 6.54 Å². The van der Waals surface area contributed by atoms with E-state index in [1.807, 2.05) is 0 Å². The van der Waals surface area contributed by atoms with Gasteiger partial charge in [0.2, 0.25) is 11.8 Å². The summed E-state index contributed by atoms with van der Waals surface area (Å²) in [7, 11) is 0. The Morgan fingerprint density at radius 3 is 2.90 bits per heavy atom. The van der Waals surface area contributed by atoms with E-state index in [2.05, 4.69) is 15.6 Å². The van der Waals surface area contributed by atoms with Gasteiger partial charge in [0.15, 0.2) is 0 Å². The van der Waals surface area contributed by atoms with Crippen LogP contribution in [0.4, 0.5) is 0 Å². The smallest absolute Gasteiger partial charge is 0.306 e. The van der Waals surface area contributed by atoms with E-state index in [4.69, 9.17) is 0 Å². The maximum Gasteiger partial charge on any atom is 0.326 e. The molecule has 110 valence electrons. The minimum Gasteiger partial charge on any atom is -0.306 e. The molecule has 1 aromatic heterocycles. The Labute approximate surface area is 120 Å². The molecule has 3 rings (SSSR count). The number of nitrogens with one attached hydrogen (secondary N) is 3. The van der Waals surface area contributed by atoms with Gasteiger partial charge in [0.25, 0.3) is 0 Å². The molecular formula is C14H16N4O3. The second-order valence-corrected chi connectivity index (χ2v) is 5.09. The topological polar surface area (TPSA) is 96.0 Å². The highest BCUT2D eigenvalue weighted by Gasteiger charge is 2.23. The lowest BCUT2D eigenvalue weighted by Crippen LogP contribution is -2.44. The van der Waals surface area contributed by atoms with Crippen molar-refractivity contribution in [3.8, 4) is 0 Å². The van der Waals surface area contributed by atoms with Gasteiger partial charge >= 0.3 is 5.69 Å². The molecule has 1 aliphatic rings. The normalized spacial score (nSPS) is 18.0. The summed E-state index contributed by atoms with van der Waals surface area (Å²) in [6.07, 6.45) is 1.65. The fourth-order valence-corrected chi connectivity index (χ4v) is 2.58. The quantitative estimate of drug-likeness (QED) is 0.724. The molecule has 2 amide bonds. The number of hydrogen-bond donors (Lipinski definition) is 3. The minimum absolute atomic E-state index is 0.179. The van der Waals surface area contributed by atoms with Crippen LogP contribution >= 0.6 is 0 Å². The molecule has 0 saturated carbocycles. The van der Waals surface area contributed by atoms with Gasteiger partial charge in [-0.05, 0) is 31.5 Å². The summed E-state index contributed by atoms with van der Waals surface area (Å²) < 4.78 is 1.32. The number of carbonyl (C=O) groups is 2. The van der Waals surface area contributed by atoms with Crippen molar-refractivity contribution in [2.24, 2.45) is 0 Å². The number of aromatic amines is 1. The van der Waals surface area contributed by atoms with E-state index in [9.17, 15) is 14.4 Å². The van der Waals surface area contributed by atoms with Gasteiger partial charge in [0, 0.05) is 0 Å². The van der Waals surface area contributed by atoms with Gasteiger partial charge in [0.05, 0.1) is 17.1 Å². The number of para-hydroxylation sites is 2. The van der Waals surface area contributed by atoms with Crippen molar-refractivity contribution in [1.29, 1.82) is 0 Å². The van der Waals surface area contributed by atoms with Crippen LogP contribution < -0.4 is 16.3 Å². The highest BCUT2D eigenvalue weighted by Crippen LogP contribution is 2.08. The number of benzene rings is 1. The van der Waals surface area contributed by atoms with Crippen LogP contribution in [0.15, 0.2) is 29.1 Å². The van der Waals surface area contributed by atoms with Gasteiger partial charge in [-0.1, -0.05) is 12.1 Å². The molecule has 1 atom stereocenters. The number of amides is 2. The number of imidazole rings is 1. The standard InChI is InChI=1S/C14H16N4O3/c19-12(17-13(20)10-5-3-7-15-10)8-18-11-6-2-1-4-9(11)16-14(18)21/h1-2,4,6,10,15H,3,5,7-8H2,(H,16,21)(H,17,19,20). The zero-order valence-electron chi connectivity index (χ0n) is 11.4. The number of hydrogen-bond acceptors (Lipinski definition) is 4. The molecule has 0 spiro atoms. The van der Waals surface area contributed by atoms with E-state index >= 15 is 0 Å². The summed E-state index contributed by atoms with van der Waals surface area (Å²) in [5.41, 5.74) is 0.945. The van der Waals surface area contributed by atoms with Crippen molar-refractivity contribution < 1.29 is 9.59 Å². The Bertz CT molecular complexity index is 740. The monoisotopic (exact) mass is 288 g/mol. The van der Waals surface area contributed by atoms with Crippen LogP contribution in [0.5, 0.6) is 0 Å². The Hall–Kier alpha value is -2.41. The first-order chi connectivity index (χ1) is 10.1.